The highest BCUT2D eigenvalue weighted by Gasteiger charge is 2.19. The zero-order valence-corrected chi connectivity index (χ0v) is 11.7. The van der Waals surface area contributed by atoms with Gasteiger partial charge in [-0.05, 0) is 36.8 Å². The summed E-state index contributed by atoms with van der Waals surface area (Å²) < 4.78 is 10.4. The van der Waals surface area contributed by atoms with Crippen LogP contribution in [0.2, 0.25) is 0 Å². The lowest BCUT2D eigenvalue weighted by molar-refractivity contribution is -0.384. The fourth-order valence-corrected chi connectivity index (χ4v) is 2.13. The molecule has 3 rings (SSSR count). The number of hydrogen-bond acceptors (Lipinski definition) is 5. The molecular weight excluding hydrogens is 288 g/mol. The van der Waals surface area contributed by atoms with Crippen molar-refractivity contribution in [2.75, 3.05) is 12.1 Å². The molecule has 0 saturated heterocycles. The molecule has 7 nitrogen and oxygen atoms in total. The molecule has 2 aromatic carbocycles. The number of aryl methyl sites for hydroxylation is 1. The van der Waals surface area contributed by atoms with E-state index in [2.05, 4.69) is 5.32 Å². The average molecular weight is 300 g/mol. The van der Waals surface area contributed by atoms with Gasteiger partial charge >= 0.3 is 0 Å². The number of amides is 1. The van der Waals surface area contributed by atoms with Crippen LogP contribution in [0.25, 0.3) is 0 Å². The number of benzene rings is 2. The topological polar surface area (TPSA) is 90.7 Å². The van der Waals surface area contributed by atoms with Gasteiger partial charge < -0.3 is 14.8 Å². The minimum Gasteiger partial charge on any atom is -0.454 e. The number of anilines is 1. The molecule has 0 unspecified atom stereocenters. The van der Waals surface area contributed by atoms with Gasteiger partial charge in [-0.15, -0.1) is 0 Å². The minimum atomic E-state index is -0.526. The second-order valence-corrected chi connectivity index (χ2v) is 4.80. The smallest absolute Gasteiger partial charge is 0.293 e. The van der Waals surface area contributed by atoms with Crippen molar-refractivity contribution in [1.29, 1.82) is 0 Å². The van der Waals surface area contributed by atoms with Gasteiger partial charge in [0.15, 0.2) is 11.5 Å². The van der Waals surface area contributed by atoms with Gasteiger partial charge in [-0.3, -0.25) is 14.9 Å². The summed E-state index contributed by atoms with van der Waals surface area (Å²) in [5.74, 6) is 0.592. The number of nitrogens with zero attached hydrogens (tertiary/aromatic N) is 1. The Kier molecular flexibility index (Phi) is 3.38. The molecule has 0 aliphatic carbocycles. The fraction of sp³-hybridized carbons (Fsp3) is 0.133. The maximum absolute atomic E-state index is 12.2. The van der Waals surface area contributed by atoms with Crippen molar-refractivity contribution in [2.45, 2.75) is 6.92 Å². The van der Waals surface area contributed by atoms with Crippen LogP contribution < -0.4 is 14.8 Å². The van der Waals surface area contributed by atoms with Crippen LogP contribution in [0, 0.1) is 17.0 Å². The summed E-state index contributed by atoms with van der Waals surface area (Å²) in [6, 6.07) is 9.36. The molecular formula is C15H12N2O5. The summed E-state index contributed by atoms with van der Waals surface area (Å²) >= 11 is 0. The van der Waals surface area contributed by atoms with E-state index in [4.69, 9.17) is 9.47 Å². The van der Waals surface area contributed by atoms with Crippen LogP contribution in [-0.2, 0) is 0 Å². The summed E-state index contributed by atoms with van der Waals surface area (Å²) in [5, 5.41) is 13.6. The normalized spacial score (nSPS) is 12.0. The summed E-state index contributed by atoms with van der Waals surface area (Å²) in [7, 11) is 0. The van der Waals surface area contributed by atoms with E-state index < -0.39 is 10.8 Å². The first-order valence-corrected chi connectivity index (χ1v) is 6.50. The van der Waals surface area contributed by atoms with Crippen LogP contribution in [0.1, 0.15) is 15.9 Å². The van der Waals surface area contributed by atoms with Crippen LogP contribution in [0.4, 0.5) is 11.4 Å². The zero-order chi connectivity index (χ0) is 15.7. The second kappa shape index (κ2) is 5.36. The average Bonchev–Trinajstić information content (AvgIpc) is 2.96. The molecule has 2 aromatic rings. The Labute approximate surface area is 125 Å². The van der Waals surface area contributed by atoms with Crippen molar-refractivity contribution in [1.82, 2.24) is 0 Å². The molecule has 0 saturated carbocycles. The second-order valence-electron chi connectivity index (χ2n) is 4.80. The SMILES string of the molecule is Cc1ccc(NC(=O)c2ccc3c(c2)OCO3)c([N+](=O)[O-])c1. The quantitative estimate of drug-likeness (QED) is 0.695. The molecule has 1 aliphatic heterocycles. The maximum atomic E-state index is 12.2. The lowest BCUT2D eigenvalue weighted by Crippen LogP contribution is -2.13. The van der Waals surface area contributed by atoms with E-state index in [1.165, 1.54) is 18.2 Å². The van der Waals surface area contributed by atoms with E-state index in [1.807, 2.05) is 0 Å². The third kappa shape index (κ3) is 2.56. The van der Waals surface area contributed by atoms with Gasteiger partial charge in [0.2, 0.25) is 6.79 Å². The number of nitro groups is 1. The van der Waals surface area contributed by atoms with E-state index >= 15 is 0 Å². The largest absolute Gasteiger partial charge is 0.454 e. The van der Waals surface area contributed by atoms with E-state index in [9.17, 15) is 14.9 Å². The molecule has 0 fully saturated rings. The first-order valence-electron chi connectivity index (χ1n) is 6.50. The molecule has 7 heteroatoms. The number of nitrogens with one attached hydrogen (secondary N) is 1. The predicted octanol–water partition coefficient (Wildman–Crippen LogP) is 2.88. The van der Waals surface area contributed by atoms with Crippen LogP contribution in [0.15, 0.2) is 36.4 Å². The van der Waals surface area contributed by atoms with E-state index in [0.717, 1.165) is 5.56 Å². The van der Waals surface area contributed by atoms with E-state index in [1.54, 1.807) is 25.1 Å². The van der Waals surface area contributed by atoms with Gasteiger partial charge in [0.05, 0.1) is 4.92 Å². The van der Waals surface area contributed by atoms with Crippen LogP contribution in [0.5, 0.6) is 11.5 Å². The molecule has 0 spiro atoms. The monoisotopic (exact) mass is 300 g/mol. The number of rotatable bonds is 3. The third-order valence-corrected chi connectivity index (χ3v) is 3.23. The van der Waals surface area contributed by atoms with Gasteiger partial charge in [0.1, 0.15) is 5.69 Å². The number of fused-ring (bicyclic) bond motifs is 1. The third-order valence-electron chi connectivity index (χ3n) is 3.23. The number of ether oxygens (including phenoxy) is 2. The Hall–Kier alpha value is -3.09. The molecule has 0 radical (unpaired) electrons. The molecule has 0 aromatic heterocycles. The van der Waals surface area contributed by atoms with Crippen LogP contribution in [-0.4, -0.2) is 17.6 Å². The summed E-state index contributed by atoms with van der Waals surface area (Å²) in [4.78, 5) is 22.8. The standard InChI is InChI=1S/C15H12N2O5/c1-9-2-4-11(12(6-9)17(19)20)16-15(18)10-3-5-13-14(7-10)22-8-21-13/h2-7H,8H2,1H3,(H,16,18). The van der Waals surface area contributed by atoms with E-state index in [-0.39, 0.29) is 18.2 Å². The molecule has 0 atom stereocenters. The van der Waals surface area contributed by atoms with Crippen molar-refractivity contribution in [3.05, 3.63) is 57.6 Å². The number of nitro benzene ring substituents is 1. The summed E-state index contributed by atoms with van der Waals surface area (Å²) in [6.45, 7) is 1.86. The van der Waals surface area contributed by atoms with Crippen molar-refractivity contribution >= 4 is 17.3 Å². The van der Waals surface area contributed by atoms with Crippen molar-refractivity contribution < 1.29 is 19.2 Å². The van der Waals surface area contributed by atoms with Crippen molar-refractivity contribution in [3.8, 4) is 11.5 Å². The summed E-state index contributed by atoms with van der Waals surface area (Å²) in [5.41, 5.74) is 1.08. The molecule has 1 N–H and O–H groups in total. The predicted molar refractivity (Wildman–Crippen MR) is 78.4 cm³/mol. The number of hydrogen-bond donors (Lipinski definition) is 1. The minimum absolute atomic E-state index is 0.115. The van der Waals surface area contributed by atoms with Crippen LogP contribution >= 0.6 is 0 Å². The summed E-state index contributed by atoms with van der Waals surface area (Å²) in [6.07, 6.45) is 0. The van der Waals surface area contributed by atoms with Gasteiger partial charge in [-0.2, -0.15) is 0 Å². The highest BCUT2D eigenvalue weighted by atomic mass is 16.7. The Bertz CT molecular complexity index is 773. The molecule has 1 amide bonds. The Morgan fingerprint density at radius 3 is 2.73 bits per heavy atom. The van der Waals surface area contributed by atoms with Crippen LogP contribution in [0.3, 0.4) is 0 Å². The number of carbonyl (C=O) groups excluding carboxylic acids is 1. The Morgan fingerprint density at radius 1 is 1.18 bits per heavy atom. The van der Waals surface area contributed by atoms with Gasteiger partial charge in [0, 0.05) is 11.6 Å². The maximum Gasteiger partial charge on any atom is 0.293 e. The first kappa shape index (κ1) is 13.9. The number of carbonyl (C=O) groups is 1. The highest BCUT2D eigenvalue weighted by Crippen LogP contribution is 2.33. The molecule has 22 heavy (non-hydrogen) atoms. The van der Waals surface area contributed by atoms with Gasteiger partial charge in [-0.25, -0.2) is 0 Å². The first-order chi connectivity index (χ1) is 10.5. The van der Waals surface area contributed by atoms with Crippen molar-refractivity contribution in [3.63, 3.8) is 0 Å². The molecule has 1 aliphatic rings. The fourth-order valence-electron chi connectivity index (χ4n) is 2.13. The Morgan fingerprint density at radius 2 is 1.95 bits per heavy atom. The Balaban J connectivity index is 1.87. The van der Waals surface area contributed by atoms with Gasteiger partial charge in [0.25, 0.3) is 11.6 Å². The molecule has 0 bridgehead atoms. The van der Waals surface area contributed by atoms with E-state index in [0.29, 0.717) is 17.1 Å². The molecule has 112 valence electrons. The highest BCUT2D eigenvalue weighted by molar-refractivity contribution is 6.05. The zero-order valence-electron chi connectivity index (χ0n) is 11.7. The lowest BCUT2D eigenvalue weighted by atomic mass is 10.1. The van der Waals surface area contributed by atoms with Gasteiger partial charge in [-0.1, -0.05) is 6.07 Å². The molecule has 1 heterocycles. The van der Waals surface area contributed by atoms with Crippen molar-refractivity contribution in [2.24, 2.45) is 0 Å². The lowest BCUT2D eigenvalue weighted by Gasteiger charge is -2.07.